The van der Waals surface area contributed by atoms with Crippen molar-refractivity contribution in [1.29, 1.82) is 0 Å². The maximum atomic E-state index is 12.3. The fourth-order valence-corrected chi connectivity index (χ4v) is 3.10. The highest BCUT2D eigenvalue weighted by Gasteiger charge is 2.21. The van der Waals surface area contributed by atoms with Crippen molar-refractivity contribution in [2.24, 2.45) is 0 Å². The number of nitrogens with one attached hydrogen (secondary N) is 1. The summed E-state index contributed by atoms with van der Waals surface area (Å²) in [5.41, 5.74) is 6.47. The van der Waals surface area contributed by atoms with Crippen LogP contribution in [0.5, 0.6) is 0 Å². The zero-order valence-corrected chi connectivity index (χ0v) is 14.3. The molecule has 1 aliphatic heterocycles. The summed E-state index contributed by atoms with van der Waals surface area (Å²) in [4.78, 5) is 25.9. The van der Waals surface area contributed by atoms with Crippen molar-refractivity contribution >= 4 is 17.4 Å². The number of fused-ring (bicyclic) bond motifs is 1. The monoisotopic (exact) mass is 322 g/mol. The Morgan fingerprint density at radius 1 is 1.04 bits per heavy atom. The number of benzene rings is 2. The highest BCUT2D eigenvalue weighted by molar-refractivity contribution is 5.97. The van der Waals surface area contributed by atoms with E-state index in [1.807, 2.05) is 0 Å². The largest absolute Gasteiger partial charge is 0.325 e. The molecule has 0 spiro atoms. The van der Waals surface area contributed by atoms with E-state index >= 15 is 0 Å². The van der Waals surface area contributed by atoms with Gasteiger partial charge in [-0.3, -0.25) is 14.5 Å². The van der Waals surface area contributed by atoms with E-state index in [2.05, 4.69) is 36.2 Å². The average Bonchev–Trinajstić information content (AvgIpc) is 2.88. The summed E-state index contributed by atoms with van der Waals surface area (Å²) in [5, 5.41) is 2.88. The van der Waals surface area contributed by atoms with Gasteiger partial charge in [-0.05, 0) is 55.2 Å². The van der Waals surface area contributed by atoms with Gasteiger partial charge in [-0.15, -0.1) is 0 Å². The Kier molecular flexibility index (Phi) is 4.49. The van der Waals surface area contributed by atoms with E-state index < -0.39 is 0 Å². The lowest BCUT2D eigenvalue weighted by atomic mass is 10.0. The Hall–Kier alpha value is -2.46. The predicted molar refractivity (Wildman–Crippen MR) is 95.1 cm³/mol. The minimum absolute atomic E-state index is 0.00756. The Morgan fingerprint density at radius 3 is 2.25 bits per heavy atom. The smallest absolute Gasteiger partial charge is 0.238 e. The highest BCUT2D eigenvalue weighted by atomic mass is 16.2. The van der Waals surface area contributed by atoms with Gasteiger partial charge in [0.15, 0.2) is 5.78 Å². The Bertz CT molecular complexity index is 780. The summed E-state index contributed by atoms with van der Waals surface area (Å²) < 4.78 is 0. The number of nitrogens with zero attached hydrogens (tertiary/aromatic N) is 1. The first-order valence-corrected chi connectivity index (χ1v) is 8.14. The van der Waals surface area contributed by atoms with Crippen molar-refractivity contribution in [3.8, 4) is 0 Å². The molecule has 0 saturated carbocycles. The molecule has 1 N–H and O–H groups in total. The number of Topliss-reactive ketones (excluding diaryl/α,β-unsaturated/α-hetero) is 1. The number of ketones is 1. The highest BCUT2D eigenvalue weighted by Crippen LogP contribution is 2.25. The van der Waals surface area contributed by atoms with E-state index in [9.17, 15) is 9.59 Å². The normalized spacial score (nSPS) is 13.6. The van der Waals surface area contributed by atoms with Gasteiger partial charge in [-0.2, -0.15) is 0 Å². The number of amides is 1. The molecule has 0 bridgehead atoms. The van der Waals surface area contributed by atoms with Crippen molar-refractivity contribution in [2.45, 2.75) is 33.9 Å². The third kappa shape index (κ3) is 3.54. The van der Waals surface area contributed by atoms with Crippen LogP contribution >= 0.6 is 0 Å². The molecule has 1 heterocycles. The molecular formula is C20H22N2O2. The van der Waals surface area contributed by atoms with Gasteiger partial charge >= 0.3 is 0 Å². The zero-order chi connectivity index (χ0) is 17.3. The molecule has 0 fully saturated rings. The first-order valence-electron chi connectivity index (χ1n) is 8.14. The predicted octanol–water partition coefficient (Wildman–Crippen LogP) is 3.46. The summed E-state index contributed by atoms with van der Waals surface area (Å²) >= 11 is 0. The minimum atomic E-state index is -0.0584. The summed E-state index contributed by atoms with van der Waals surface area (Å²) in [6.07, 6.45) is 0. The molecule has 4 nitrogen and oxygen atoms in total. The number of hydrogen-bond donors (Lipinski definition) is 1. The van der Waals surface area contributed by atoms with Crippen molar-refractivity contribution < 1.29 is 9.59 Å². The molecule has 0 saturated heterocycles. The van der Waals surface area contributed by atoms with E-state index in [0.29, 0.717) is 17.8 Å². The van der Waals surface area contributed by atoms with Gasteiger partial charge in [-0.25, -0.2) is 0 Å². The van der Waals surface area contributed by atoms with Gasteiger partial charge in [0, 0.05) is 24.3 Å². The van der Waals surface area contributed by atoms with Crippen LogP contribution in [0.3, 0.4) is 0 Å². The second kappa shape index (κ2) is 6.57. The van der Waals surface area contributed by atoms with Crippen LogP contribution in [0.25, 0.3) is 0 Å². The summed E-state index contributed by atoms with van der Waals surface area (Å²) in [7, 11) is 0. The molecule has 0 aliphatic carbocycles. The number of rotatable bonds is 4. The van der Waals surface area contributed by atoms with E-state index in [1.54, 1.807) is 24.3 Å². The lowest BCUT2D eigenvalue weighted by Gasteiger charge is -2.14. The standard InChI is InChI=1S/C20H22N2O2/c1-13-7-17-10-22(11-18(17)8-14(13)2)12-20(24)21-19-6-4-5-16(9-19)15(3)23/h4-9H,10-12H2,1-3H3,(H,21,24). The first kappa shape index (κ1) is 16.4. The molecule has 124 valence electrons. The lowest BCUT2D eigenvalue weighted by Crippen LogP contribution is -2.29. The van der Waals surface area contributed by atoms with Crippen molar-refractivity contribution in [3.05, 3.63) is 64.2 Å². The van der Waals surface area contributed by atoms with E-state index in [1.165, 1.54) is 29.2 Å². The summed E-state index contributed by atoms with van der Waals surface area (Å²) in [5.74, 6) is -0.0659. The number of carbonyl (C=O) groups is 2. The van der Waals surface area contributed by atoms with Crippen LogP contribution in [0.1, 0.15) is 39.5 Å². The fourth-order valence-electron chi connectivity index (χ4n) is 3.10. The van der Waals surface area contributed by atoms with Crippen LogP contribution in [-0.4, -0.2) is 23.1 Å². The lowest BCUT2D eigenvalue weighted by molar-refractivity contribution is -0.117. The SMILES string of the molecule is CC(=O)c1cccc(NC(=O)CN2Cc3cc(C)c(C)cc3C2)c1. The summed E-state index contributed by atoms with van der Waals surface area (Å²) in [6.45, 7) is 7.71. The van der Waals surface area contributed by atoms with E-state index in [-0.39, 0.29) is 11.7 Å². The van der Waals surface area contributed by atoms with Crippen molar-refractivity contribution in [3.63, 3.8) is 0 Å². The molecule has 0 radical (unpaired) electrons. The van der Waals surface area contributed by atoms with Crippen LogP contribution in [0.4, 0.5) is 5.69 Å². The third-order valence-corrected chi connectivity index (χ3v) is 4.52. The maximum absolute atomic E-state index is 12.3. The van der Waals surface area contributed by atoms with Gasteiger partial charge in [0.2, 0.25) is 5.91 Å². The van der Waals surface area contributed by atoms with Gasteiger partial charge in [0.05, 0.1) is 6.54 Å². The van der Waals surface area contributed by atoms with Crippen LogP contribution in [0.15, 0.2) is 36.4 Å². The first-order chi connectivity index (χ1) is 11.4. The molecule has 0 aromatic heterocycles. The Labute approximate surface area is 142 Å². The van der Waals surface area contributed by atoms with E-state index in [4.69, 9.17) is 0 Å². The number of anilines is 1. The fraction of sp³-hybridized carbons (Fsp3) is 0.300. The third-order valence-electron chi connectivity index (χ3n) is 4.52. The Balaban J connectivity index is 1.62. The number of carbonyl (C=O) groups excluding carboxylic acids is 2. The van der Waals surface area contributed by atoms with Crippen molar-refractivity contribution in [2.75, 3.05) is 11.9 Å². The number of hydrogen-bond acceptors (Lipinski definition) is 3. The van der Waals surface area contributed by atoms with Crippen molar-refractivity contribution in [1.82, 2.24) is 4.90 Å². The van der Waals surface area contributed by atoms with Crippen LogP contribution in [0.2, 0.25) is 0 Å². The van der Waals surface area contributed by atoms with Gasteiger partial charge in [-0.1, -0.05) is 24.3 Å². The quantitative estimate of drug-likeness (QED) is 0.877. The molecule has 4 heteroatoms. The van der Waals surface area contributed by atoms with E-state index in [0.717, 1.165) is 13.1 Å². The topological polar surface area (TPSA) is 49.4 Å². The van der Waals surface area contributed by atoms with Gasteiger partial charge in [0.25, 0.3) is 0 Å². The minimum Gasteiger partial charge on any atom is -0.325 e. The van der Waals surface area contributed by atoms with Crippen LogP contribution in [-0.2, 0) is 17.9 Å². The average molecular weight is 322 g/mol. The molecule has 0 atom stereocenters. The summed E-state index contributed by atoms with van der Waals surface area (Å²) in [6, 6.07) is 11.5. The molecule has 3 rings (SSSR count). The molecule has 1 amide bonds. The molecule has 2 aromatic carbocycles. The second-order valence-corrected chi connectivity index (χ2v) is 6.54. The zero-order valence-electron chi connectivity index (χ0n) is 14.3. The van der Waals surface area contributed by atoms with Gasteiger partial charge < -0.3 is 5.32 Å². The molecule has 2 aromatic rings. The molecule has 24 heavy (non-hydrogen) atoms. The molecule has 0 unspecified atom stereocenters. The van der Waals surface area contributed by atoms with Crippen LogP contribution in [0, 0.1) is 13.8 Å². The number of aryl methyl sites for hydroxylation is 2. The molecule has 1 aliphatic rings. The molecular weight excluding hydrogens is 300 g/mol. The van der Waals surface area contributed by atoms with Gasteiger partial charge in [0.1, 0.15) is 0 Å². The maximum Gasteiger partial charge on any atom is 0.238 e. The second-order valence-electron chi connectivity index (χ2n) is 6.54. The Morgan fingerprint density at radius 2 is 1.67 bits per heavy atom. The van der Waals surface area contributed by atoms with Crippen LogP contribution < -0.4 is 5.32 Å².